The first-order valence-corrected chi connectivity index (χ1v) is 5.06. The highest BCUT2D eigenvalue weighted by Gasteiger charge is 2.21. The van der Waals surface area contributed by atoms with Crippen LogP contribution in [0, 0.1) is 5.41 Å². The van der Waals surface area contributed by atoms with Crippen LogP contribution in [0.4, 0.5) is 0 Å². The van der Waals surface area contributed by atoms with E-state index >= 15 is 0 Å². The van der Waals surface area contributed by atoms with E-state index in [1.54, 1.807) is 5.57 Å². The second kappa shape index (κ2) is 4.08. The Morgan fingerprint density at radius 1 is 1.33 bits per heavy atom. The van der Waals surface area contributed by atoms with E-state index in [-0.39, 0.29) is 5.41 Å². The van der Waals surface area contributed by atoms with Gasteiger partial charge in [-0.1, -0.05) is 31.9 Å². The molecule has 0 bridgehead atoms. The quantitative estimate of drug-likeness (QED) is 0.629. The zero-order valence-corrected chi connectivity index (χ0v) is 8.40. The summed E-state index contributed by atoms with van der Waals surface area (Å²) in [7, 11) is 0. The van der Waals surface area contributed by atoms with Gasteiger partial charge in [-0.15, -0.1) is 0 Å². The topological polar surface area (TPSA) is 26.0 Å². The van der Waals surface area contributed by atoms with Crippen molar-refractivity contribution < 1.29 is 0 Å². The highest BCUT2D eigenvalue weighted by atomic mass is 14.6. The summed E-state index contributed by atoms with van der Waals surface area (Å²) < 4.78 is 0. The molecule has 0 aromatic rings. The molecule has 2 N–H and O–H groups in total. The molecule has 1 rings (SSSR count). The van der Waals surface area contributed by atoms with Crippen molar-refractivity contribution in [3.8, 4) is 0 Å². The molecule has 0 unspecified atom stereocenters. The average molecular weight is 167 g/mol. The van der Waals surface area contributed by atoms with Gasteiger partial charge in [-0.05, 0) is 31.1 Å². The maximum Gasteiger partial charge on any atom is 0.00115 e. The molecule has 0 amide bonds. The molecule has 0 aliphatic heterocycles. The molecule has 0 radical (unpaired) electrons. The minimum Gasteiger partial charge on any atom is -0.330 e. The fourth-order valence-corrected chi connectivity index (χ4v) is 1.76. The smallest absolute Gasteiger partial charge is 0.00115 e. The van der Waals surface area contributed by atoms with Crippen LogP contribution in [0.3, 0.4) is 0 Å². The summed E-state index contributed by atoms with van der Waals surface area (Å²) >= 11 is 0. The Kier molecular flexibility index (Phi) is 3.33. The Bertz CT molecular complexity index is 168. The molecule has 0 heterocycles. The average Bonchev–Trinajstić information content (AvgIpc) is 2.32. The van der Waals surface area contributed by atoms with E-state index in [1.165, 1.54) is 32.1 Å². The number of rotatable bonds is 2. The lowest BCUT2D eigenvalue weighted by Gasteiger charge is -2.26. The van der Waals surface area contributed by atoms with Crippen molar-refractivity contribution in [3.05, 3.63) is 11.6 Å². The molecule has 70 valence electrons. The van der Waals surface area contributed by atoms with Gasteiger partial charge < -0.3 is 5.73 Å². The van der Waals surface area contributed by atoms with E-state index in [4.69, 9.17) is 5.73 Å². The predicted octanol–water partition coefficient (Wildman–Crippen LogP) is 2.86. The van der Waals surface area contributed by atoms with Crippen molar-refractivity contribution in [1.29, 1.82) is 0 Å². The first kappa shape index (κ1) is 9.79. The second-order valence-electron chi connectivity index (χ2n) is 4.42. The van der Waals surface area contributed by atoms with Gasteiger partial charge in [0.25, 0.3) is 0 Å². The van der Waals surface area contributed by atoms with Gasteiger partial charge in [0.1, 0.15) is 0 Å². The molecule has 1 heteroatoms. The van der Waals surface area contributed by atoms with Crippen LogP contribution in [0.1, 0.15) is 46.0 Å². The van der Waals surface area contributed by atoms with E-state index in [2.05, 4.69) is 19.9 Å². The molecule has 0 saturated carbocycles. The summed E-state index contributed by atoms with van der Waals surface area (Å²) in [4.78, 5) is 0. The highest BCUT2D eigenvalue weighted by molar-refractivity contribution is 5.13. The van der Waals surface area contributed by atoms with Gasteiger partial charge in [0.2, 0.25) is 0 Å². The number of hydrogen-bond acceptors (Lipinski definition) is 1. The van der Waals surface area contributed by atoms with Crippen LogP contribution < -0.4 is 5.73 Å². The molecular formula is C11H21N. The van der Waals surface area contributed by atoms with Crippen molar-refractivity contribution in [1.82, 2.24) is 0 Å². The zero-order valence-electron chi connectivity index (χ0n) is 8.40. The minimum absolute atomic E-state index is 0.240. The van der Waals surface area contributed by atoms with Gasteiger partial charge in [0, 0.05) is 6.54 Å². The molecule has 1 aliphatic rings. The minimum atomic E-state index is 0.240. The largest absolute Gasteiger partial charge is 0.330 e. The molecule has 1 nitrogen and oxygen atoms in total. The maximum absolute atomic E-state index is 5.75. The molecule has 12 heavy (non-hydrogen) atoms. The molecule has 0 aromatic carbocycles. The Labute approximate surface area is 76.0 Å². The third-order valence-electron chi connectivity index (χ3n) is 2.92. The van der Waals surface area contributed by atoms with E-state index < -0.39 is 0 Å². The van der Waals surface area contributed by atoms with Gasteiger partial charge in [0.15, 0.2) is 0 Å². The number of hydrogen-bond donors (Lipinski definition) is 1. The SMILES string of the molecule is CC(C)(CN)C1=CCCCCC1. The number of allylic oxidation sites excluding steroid dienone is 1. The van der Waals surface area contributed by atoms with Crippen LogP contribution in [0.5, 0.6) is 0 Å². The summed E-state index contributed by atoms with van der Waals surface area (Å²) in [6.07, 6.45) is 9.06. The van der Waals surface area contributed by atoms with Crippen LogP contribution in [0.2, 0.25) is 0 Å². The van der Waals surface area contributed by atoms with Gasteiger partial charge in [-0.25, -0.2) is 0 Å². The number of nitrogens with two attached hydrogens (primary N) is 1. The molecule has 0 spiro atoms. The van der Waals surface area contributed by atoms with Crippen LogP contribution in [0.15, 0.2) is 11.6 Å². The van der Waals surface area contributed by atoms with Crippen LogP contribution >= 0.6 is 0 Å². The zero-order chi connectivity index (χ0) is 9.03. The van der Waals surface area contributed by atoms with Crippen LogP contribution in [-0.2, 0) is 0 Å². The fraction of sp³-hybridized carbons (Fsp3) is 0.818. The molecule has 1 aliphatic carbocycles. The summed E-state index contributed by atoms with van der Waals surface area (Å²) in [6.45, 7) is 5.28. The van der Waals surface area contributed by atoms with Crippen molar-refractivity contribution in [2.24, 2.45) is 11.1 Å². The molecular weight excluding hydrogens is 146 g/mol. The van der Waals surface area contributed by atoms with E-state index in [0.29, 0.717) is 0 Å². The van der Waals surface area contributed by atoms with Crippen molar-refractivity contribution >= 4 is 0 Å². The normalized spacial score (nSPS) is 20.1. The van der Waals surface area contributed by atoms with Crippen LogP contribution in [-0.4, -0.2) is 6.54 Å². The Hall–Kier alpha value is -0.300. The Morgan fingerprint density at radius 3 is 2.75 bits per heavy atom. The predicted molar refractivity (Wildman–Crippen MR) is 54.0 cm³/mol. The Balaban J connectivity index is 2.64. The molecule has 0 saturated heterocycles. The Morgan fingerprint density at radius 2 is 2.08 bits per heavy atom. The van der Waals surface area contributed by atoms with Crippen molar-refractivity contribution in [3.63, 3.8) is 0 Å². The van der Waals surface area contributed by atoms with Crippen LogP contribution in [0.25, 0.3) is 0 Å². The van der Waals surface area contributed by atoms with E-state index in [0.717, 1.165) is 6.54 Å². The highest BCUT2D eigenvalue weighted by Crippen LogP contribution is 2.31. The van der Waals surface area contributed by atoms with Gasteiger partial charge in [-0.2, -0.15) is 0 Å². The van der Waals surface area contributed by atoms with Crippen molar-refractivity contribution in [2.45, 2.75) is 46.0 Å². The van der Waals surface area contributed by atoms with E-state index in [9.17, 15) is 0 Å². The molecule has 0 aromatic heterocycles. The summed E-state index contributed by atoms with van der Waals surface area (Å²) in [5.41, 5.74) is 7.57. The lowest BCUT2D eigenvalue weighted by molar-refractivity contribution is 0.440. The first-order valence-electron chi connectivity index (χ1n) is 5.06. The van der Waals surface area contributed by atoms with Gasteiger partial charge in [0.05, 0.1) is 0 Å². The first-order chi connectivity index (χ1) is 5.67. The third kappa shape index (κ3) is 2.34. The monoisotopic (exact) mass is 167 g/mol. The van der Waals surface area contributed by atoms with Gasteiger partial charge in [-0.3, -0.25) is 0 Å². The summed E-state index contributed by atoms with van der Waals surface area (Å²) in [5.74, 6) is 0. The van der Waals surface area contributed by atoms with Crippen molar-refractivity contribution in [2.75, 3.05) is 6.54 Å². The second-order valence-corrected chi connectivity index (χ2v) is 4.42. The third-order valence-corrected chi connectivity index (χ3v) is 2.92. The summed E-state index contributed by atoms with van der Waals surface area (Å²) in [5, 5.41) is 0. The molecule has 0 fully saturated rings. The van der Waals surface area contributed by atoms with Gasteiger partial charge >= 0.3 is 0 Å². The van der Waals surface area contributed by atoms with E-state index in [1.807, 2.05) is 0 Å². The standard InChI is InChI=1S/C11H21N/c1-11(2,9-12)10-7-5-3-4-6-8-10/h7H,3-6,8-9,12H2,1-2H3. The summed E-state index contributed by atoms with van der Waals surface area (Å²) in [6, 6.07) is 0. The fourth-order valence-electron chi connectivity index (χ4n) is 1.76. The maximum atomic E-state index is 5.75. The lowest BCUT2D eigenvalue weighted by Crippen LogP contribution is -2.25. The molecule has 0 atom stereocenters. The lowest BCUT2D eigenvalue weighted by atomic mass is 9.82.